The number of halogens is 1. The van der Waals surface area contributed by atoms with Gasteiger partial charge in [0.05, 0.1) is 5.69 Å². The summed E-state index contributed by atoms with van der Waals surface area (Å²) in [6.07, 6.45) is 2.73. The third-order valence-electron chi connectivity index (χ3n) is 3.39. The van der Waals surface area contributed by atoms with Crippen molar-refractivity contribution in [2.45, 2.75) is 32.9 Å². The minimum absolute atomic E-state index is 0. The number of hydrogen-bond donors (Lipinski definition) is 3. The first-order valence-corrected chi connectivity index (χ1v) is 8.73. The third-order valence-corrected chi connectivity index (χ3v) is 3.39. The predicted octanol–water partition coefficient (Wildman–Crippen LogP) is 2.07. The van der Waals surface area contributed by atoms with Gasteiger partial charge in [0.2, 0.25) is 0 Å². The second-order valence-corrected chi connectivity index (χ2v) is 6.79. The van der Waals surface area contributed by atoms with Crippen molar-refractivity contribution in [3.05, 3.63) is 42.5 Å². The molecular weight excluding hydrogens is 473 g/mol. The van der Waals surface area contributed by atoms with E-state index in [1.165, 1.54) is 6.33 Å². The molecule has 0 atom stereocenters. The van der Waals surface area contributed by atoms with E-state index in [0.717, 1.165) is 11.3 Å². The molecule has 3 N–H and O–H groups in total. The zero-order valence-corrected chi connectivity index (χ0v) is 18.9. The van der Waals surface area contributed by atoms with E-state index in [-0.39, 0.29) is 24.0 Å². The molecule has 1 amide bonds. The number of carbonyl (C=O) groups is 1. The largest absolute Gasteiger partial charge is 0.444 e. The average molecular weight is 501 g/mol. The smallest absolute Gasteiger partial charge is 0.407 e. The van der Waals surface area contributed by atoms with Crippen LogP contribution < -0.4 is 16.0 Å². The Labute approximate surface area is 182 Å². The summed E-state index contributed by atoms with van der Waals surface area (Å²) < 4.78 is 6.88. The summed E-state index contributed by atoms with van der Waals surface area (Å²) in [4.78, 5) is 19.7. The maximum absolute atomic E-state index is 11.6. The summed E-state index contributed by atoms with van der Waals surface area (Å²) in [6.45, 7) is 7.07. The molecule has 0 unspecified atom stereocenters. The maximum atomic E-state index is 11.6. The second-order valence-electron chi connectivity index (χ2n) is 6.79. The van der Waals surface area contributed by atoms with Crippen LogP contribution in [0.25, 0.3) is 5.69 Å². The van der Waals surface area contributed by atoms with Gasteiger partial charge in [-0.1, -0.05) is 12.1 Å². The number of aromatic nitrogens is 3. The van der Waals surface area contributed by atoms with Crippen LogP contribution in [0, 0.1) is 0 Å². The van der Waals surface area contributed by atoms with Gasteiger partial charge < -0.3 is 20.7 Å². The maximum Gasteiger partial charge on any atom is 0.407 e. The zero-order valence-electron chi connectivity index (χ0n) is 16.6. The molecule has 2 aromatic rings. The van der Waals surface area contributed by atoms with E-state index in [1.54, 1.807) is 18.1 Å². The van der Waals surface area contributed by atoms with Gasteiger partial charge in [-0.15, -0.1) is 24.0 Å². The quantitative estimate of drug-likeness (QED) is 0.242. The number of benzene rings is 1. The van der Waals surface area contributed by atoms with Crippen molar-refractivity contribution in [3.8, 4) is 5.69 Å². The van der Waals surface area contributed by atoms with Gasteiger partial charge in [-0.2, -0.15) is 5.10 Å². The van der Waals surface area contributed by atoms with E-state index in [4.69, 9.17) is 4.74 Å². The van der Waals surface area contributed by atoms with Gasteiger partial charge >= 0.3 is 6.09 Å². The van der Waals surface area contributed by atoms with Crippen LogP contribution in [0.3, 0.4) is 0 Å². The van der Waals surface area contributed by atoms with Crippen molar-refractivity contribution in [2.75, 3.05) is 20.1 Å². The molecule has 0 fully saturated rings. The lowest BCUT2D eigenvalue weighted by Gasteiger charge is -2.20. The first-order valence-electron chi connectivity index (χ1n) is 8.73. The molecule has 28 heavy (non-hydrogen) atoms. The number of rotatable bonds is 6. The molecule has 154 valence electrons. The van der Waals surface area contributed by atoms with E-state index in [2.05, 4.69) is 31.0 Å². The fourth-order valence-electron chi connectivity index (χ4n) is 2.17. The Bertz CT molecular complexity index is 740. The van der Waals surface area contributed by atoms with Crippen molar-refractivity contribution < 1.29 is 9.53 Å². The number of alkyl carbamates (subject to hydrolysis) is 1. The first kappa shape index (κ1) is 23.7. The van der Waals surface area contributed by atoms with Crippen molar-refractivity contribution in [3.63, 3.8) is 0 Å². The molecule has 0 spiro atoms. The number of amides is 1. The Morgan fingerprint density at radius 3 is 2.39 bits per heavy atom. The summed E-state index contributed by atoms with van der Waals surface area (Å²) in [5.74, 6) is 0.654. The number of carbonyl (C=O) groups excluding carboxylic acids is 1. The highest BCUT2D eigenvalue weighted by molar-refractivity contribution is 14.0. The van der Waals surface area contributed by atoms with E-state index < -0.39 is 11.7 Å². The zero-order chi connectivity index (χ0) is 19.7. The van der Waals surface area contributed by atoms with Crippen LogP contribution in [0.15, 0.2) is 41.9 Å². The van der Waals surface area contributed by atoms with E-state index >= 15 is 0 Å². The molecule has 1 aromatic carbocycles. The monoisotopic (exact) mass is 501 g/mol. The number of aliphatic imine (C=N–C) groups is 1. The molecule has 1 heterocycles. The summed E-state index contributed by atoms with van der Waals surface area (Å²) in [6, 6.07) is 7.99. The first-order chi connectivity index (χ1) is 12.9. The topological polar surface area (TPSA) is 105 Å². The minimum atomic E-state index is -0.501. The Hall–Kier alpha value is -2.37. The molecule has 9 nitrogen and oxygen atoms in total. The Morgan fingerprint density at radius 1 is 1.14 bits per heavy atom. The molecule has 0 saturated carbocycles. The Balaban J connectivity index is 0.00000392. The molecular formula is C18H28IN7O2. The van der Waals surface area contributed by atoms with Crippen molar-refractivity contribution in [1.82, 2.24) is 30.7 Å². The number of hydrogen-bond acceptors (Lipinski definition) is 5. The predicted molar refractivity (Wildman–Crippen MR) is 119 cm³/mol. The molecule has 10 heteroatoms. The highest BCUT2D eigenvalue weighted by atomic mass is 127. The summed E-state index contributed by atoms with van der Waals surface area (Å²) >= 11 is 0. The fourth-order valence-corrected chi connectivity index (χ4v) is 2.17. The molecule has 0 radical (unpaired) electrons. The third kappa shape index (κ3) is 8.55. The lowest BCUT2D eigenvalue weighted by Crippen LogP contribution is -2.42. The van der Waals surface area contributed by atoms with Crippen molar-refractivity contribution in [1.29, 1.82) is 0 Å². The fraction of sp³-hybridized carbons (Fsp3) is 0.444. The standard InChI is InChI=1S/C18H27N7O2.HI/c1-18(2,3)27-17(26)22-10-9-21-16(19-4)23-11-14-5-7-15(8-6-14)25-13-20-12-24-25;/h5-8,12-13H,9-11H2,1-4H3,(H,22,26)(H2,19,21,23);1H. The van der Waals surface area contributed by atoms with Crippen LogP contribution in [-0.4, -0.2) is 52.6 Å². The molecule has 2 rings (SSSR count). The normalized spacial score (nSPS) is 11.4. The Morgan fingerprint density at radius 2 is 1.82 bits per heavy atom. The molecule has 0 aliphatic heterocycles. The lowest BCUT2D eigenvalue weighted by atomic mass is 10.2. The molecule has 0 saturated heterocycles. The van der Waals surface area contributed by atoms with E-state index in [1.807, 2.05) is 45.0 Å². The number of nitrogens with one attached hydrogen (secondary N) is 3. The van der Waals surface area contributed by atoms with Crippen LogP contribution in [0.2, 0.25) is 0 Å². The summed E-state index contributed by atoms with van der Waals surface area (Å²) in [5.41, 5.74) is 1.55. The van der Waals surface area contributed by atoms with Crippen LogP contribution >= 0.6 is 24.0 Å². The van der Waals surface area contributed by atoms with Crippen LogP contribution in [0.1, 0.15) is 26.3 Å². The Kier molecular flexibility index (Phi) is 9.69. The van der Waals surface area contributed by atoms with E-state index in [0.29, 0.717) is 25.6 Å². The second kappa shape index (κ2) is 11.5. The van der Waals surface area contributed by atoms with Crippen molar-refractivity contribution >= 4 is 36.0 Å². The minimum Gasteiger partial charge on any atom is -0.444 e. The molecule has 0 aliphatic carbocycles. The molecule has 0 aliphatic rings. The van der Waals surface area contributed by atoms with Gasteiger partial charge in [0, 0.05) is 26.7 Å². The van der Waals surface area contributed by atoms with Gasteiger partial charge in [0.25, 0.3) is 0 Å². The van der Waals surface area contributed by atoms with Crippen LogP contribution in [0.5, 0.6) is 0 Å². The lowest BCUT2D eigenvalue weighted by molar-refractivity contribution is 0.0529. The van der Waals surface area contributed by atoms with Gasteiger partial charge in [0.1, 0.15) is 18.3 Å². The summed E-state index contributed by atoms with van der Waals surface area (Å²) in [5, 5.41) is 13.2. The van der Waals surface area contributed by atoms with E-state index in [9.17, 15) is 4.79 Å². The number of guanidine groups is 1. The molecule has 1 aromatic heterocycles. The molecule has 0 bridgehead atoms. The van der Waals surface area contributed by atoms with Gasteiger partial charge in [0.15, 0.2) is 5.96 Å². The highest BCUT2D eigenvalue weighted by Crippen LogP contribution is 2.08. The van der Waals surface area contributed by atoms with Crippen molar-refractivity contribution in [2.24, 2.45) is 4.99 Å². The number of nitrogens with zero attached hydrogens (tertiary/aromatic N) is 4. The number of ether oxygens (including phenoxy) is 1. The van der Waals surface area contributed by atoms with Crippen LogP contribution in [0.4, 0.5) is 4.79 Å². The van der Waals surface area contributed by atoms with Gasteiger partial charge in [-0.3, -0.25) is 4.99 Å². The average Bonchev–Trinajstić information content (AvgIpc) is 3.15. The highest BCUT2D eigenvalue weighted by Gasteiger charge is 2.15. The van der Waals surface area contributed by atoms with Gasteiger partial charge in [-0.05, 0) is 38.5 Å². The summed E-state index contributed by atoms with van der Waals surface area (Å²) in [7, 11) is 1.70. The van der Waals surface area contributed by atoms with Gasteiger partial charge in [-0.25, -0.2) is 14.5 Å². The van der Waals surface area contributed by atoms with Crippen LogP contribution in [-0.2, 0) is 11.3 Å². The SMILES string of the molecule is CN=C(NCCNC(=O)OC(C)(C)C)NCc1ccc(-n2cncn2)cc1.I.